The van der Waals surface area contributed by atoms with Crippen molar-refractivity contribution in [1.82, 2.24) is 15.0 Å². The molecule has 1 heterocycles. The summed E-state index contributed by atoms with van der Waals surface area (Å²) in [5.74, 6) is 0.497. The van der Waals surface area contributed by atoms with E-state index in [0.29, 0.717) is 17.0 Å². The SMILES string of the molecule is CC[C@@H](C)Oc1cccc(C(=O)Nc2cc3nn(-c4ccc(N(CC)CC)cc4C)nc3cc2C)c1. The maximum Gasteiger partial charge on any atom is 0.255 e. The van der Waals surface area contributed by atoms with Crippen molar-refractivity contribution >= 4 is 28.3 Å². The highest BCUT2D eigenvalue weighted by Gasteiger charge is 2.14. The summed E-state index contributed by atoms with van der Waals surface area (Å²) in [5, 5.41) is 12.5. The first-order valence-corrected chi connectivity index (χ1v) is 12.6. The van der Waals surface area contributed by atoms with Crippen molar-refractivity contribution in [2.24, 2.45) is 0 Å². The summed E-state index contributed by atoms with van der Waals surface area (Å²) in [6.45, 7) is 14.4. The molecule has 0 aliphatic heterocycles. The predicted molar refractivity (Wildman–Crippen MR) is 147 cm³/mol. The zero-order chi connectivity index (χ0) is 25.8. The van der Waals surface area contributed by atoms with Gasteiger partial charge in [-0.3, -0.25) is 4.79 Å². The van der Waals surface area contributed by atoms with Crippen LogP contribution in [0.3, 0.4) is 0 Å². The maximum atomic E-state index is 13.0. The summed E-state index contributed by atoms with van der Waals surface area (Å²) in [7, 11) is 0. The smallest absolute Gasteiger partial charge is 0.255 e. The second kappa shape index (κ2) is 10.8. The van der Waals surface area contributed by atoms with Gasteiger partial charge < -0.3 is 15.0 Å². The van der Waals surface area contributed by atoms with Gasteiger partial charge in [-0.2, -0.15) is 4.80 Å². The van der Waals surface area contributed by atoms with Crippen molar-refractivity contribution in [3.8, 4) is 11.4 Å². The molecule has 3 aromatic carbocycles. The number of aromatic nitrogens is 3. The standard InChI is InChI=1S/C29H35N5O2/c1-7-21(6)36-24-12-10-11-22(17-24)29(35)30-25-18-27-26(16-19(25)4)31-34(32-27)28-14-13-23(15-20(28)5)33(8-2)9-3/h10-18,21H,7-9H2,1-6H3,(H,30,35)/t21-/m1/s1. The third-order valence-corrected chi connectivity index (χ3v) is 6.51. The van der Waals surface area contributed by atoms with Crippen molar-refractivity contribution in [3.05, 3.63) is 71.3 Å². The average Bonchev–Trinajstić information content (AvgIpc) is 3.27. The third kappa shape index (κ3) is 5.35. The summed E-state index contributed by atoms with van der Waals surface area (Å²) >= 11 is 0. The maximum absolute atomic E-state index is 13.0. The number of ether oxygens (including phenoxy) is 1. The van der Waals surface area contributed by atoms with Gasteiger partial charge in [0.05, 0.1) is 11.8 Å². The van der Waals surface area contributed by atoms with Crippen LogP contribution in [-0.2, 0) is 0 Å². The average molecular weight is 486 g/mol. The first kappa shape index (κ1) is 25.2. The lowest BCUT2D eigenvalue weighted by molar-refractivity contribution is 0.102. The van der Waals surface area contributed by atoms with Gasteiger partial charge in [-0.25, -0.2) is 0 Å². The molecule has 0 aliphatic carbocycles. The van der Waals surface area contributed by atoms with Crippen LogP contribution in [0.15, 0.2) is 54.6 Å². The van der Waals surface area contributed by atoms with E-state index in [4.69, 9.17) is 14.9 Å². The summed E-state index contributed by atoms with van der Waals surface area (Å²) in [5.41, 5.74) is 6.90. The molecule has 4 rings (SSSR count). The molecule has 7 heteroatoms. The second-order valence-corrected chi connectivity index (χ2v) is 9.11. The zero-order valence-corrected chi connectivity index (χ0v) is 22.0. The number of hydrogen-bond acceptors (Lipinski definition) is 5. The molecule has 0 saturated carbocycles. The number of rotatable bonds is 9. The van der Waals surface area contributed by atoms with Gasteiger partial charge in [0.15, 0.2) is 0 Å². The van der Waals surface area contributed by atoms with Crippen molar-refractivity contribution in [1.29, 1.82) is 0 Å². The first-order chi connectivity index (χ1) is 17.3. The Morgan fingerprint density at radius 1 is 0.972 bits per heavy atom. The molecule has 0 saturated heterocycles. The highest BCUT2D eigenvalue weighted by Crippen LogP contribution is 2.26. The Kier molecular flexibility index (Phi) is 7.58. The van der Waals surface area contributed by atoms with Crippen LogP contribution in [0.25, 0.3) is 16.7 Å². The largest absolute Gasteiger partial charge is 0.491 e. The monoisotopic (exact) mass is 485 g/mol. The van der Waals surface area contributed by atoms with Crippen LogP contribution in [0.4, 0.5) is 11.4 Å². The van der Waals surface area contributed by atoms with Crippen molar-refractivity contribution < 1.29 is 9.53 Å². The van der Waals surface area contributed by atoms with Crippen LogP contribution < -0.4 is 15.0 Å². The minimum absolute atomic E-state index is 0.0904. The lowest BCUT2D eigenvalue weighted by Crippen LogP contribution is -2.21. The lowest BCUT2D eigenvalue weighted by atomic mass is 10.1. The Labute approximate surface area is 213 Å². The van der Waals surface area contributed by atoms with E-state index in [1.54, 1.807) is 16.9 Å². The van der Waals surface area contributed by atoms with Gasteiger partial charge in [-0.15, -0.1) is 10.2 Å². The molecule has 1 N–H and O–H groups in total. The van der Waals surface area contributed by atoms with E-state index < -0.39 is 0 Å². The highest BCUT2D eigenvalue weighted by molar-refractivity contribution is 6.05. The van der Waals surface area contributed by atoms with Crippen LogP contribution >= 0.6 is 0 Å². The van der Waals surface area contributed by atoms with Gasteiger partial charge in [-0.05, 0) is 101 Å². The molecule has 4 aromatic rings. The number of nitrogens with one attached hydrogen (secondary N) is 1. The van der Waals surface area contributed by atoms with Crippen molar-refractivity contribution in [2.75, 3.05) is 23.3 Å². The fraction of sp³-hybridized carbons (Fsp3) is 0.345. The number of fused-ring (bicyclic) bond motifs is 1. The summed E-state index contributed by atoms with van der Waals surface area (Å²) in [6.07, 6.45) is 0.989. The van der Waals surface area contributed by atoms with E-state index in [0.717, 1.165) is 47.4 Å². The predicted octanol–water partition coefficient (Wildman–Crippen LogP) is 6.31. The summed E-state index contributed by atoms with van der Waals surface area (Å²) < 4.78 is 5.87. The van der Waals surface area contributed by atoms with E-state index in [-0.39, 0.29) is 12.0 Å². The van der Waals surface area contributed by atoms with Crippen LogP contribution in [0.1, 0.15) is 55.6 Å². The molecule has 1 atom stereocenters. The van der Waals surface area contributed by atoms with E-state index >= 15 is 0 Å². The Hall–Kier alpha value is -3.87. The topological polar surface area (TPSA) is 72.3 Å². The molecule has 1 aromatic heterocycles. The van der Waals surface area contributed by atoms with Gasteiger partial charge in [0.25, 0.3) is 5.91 Å². The molecule has 0 spiro atoms. The molecule has 0 fully saturated rings. The molecule has 0 bridgehead atoms. The minimum atomic E-state index is -0.192. The third-order valence-electron chi connectivity index (χ3n) is 6.51. The van der Waals surface area contributed by atoms with Crippen LogP contribution in [0, 0.1) is 13.8 Å². The van der Waals surface area contributed by atoms with Gasteiger partial charge in [0.2, 0.25) is 0 Å². The lowest BCUT2D eigenvalue weighted by Gasteiger charge is -2.22. The Morgan fingerprint density at radius 2 is 1.69 bits per heavy atom. The fourth-order valence-corrected chi connectivity index (χ4v) is 4.18. The van der Waals surface area contributed by atoms with Crippen molar-refractivity contribution in [3.63, 3.8) is 0 Å². The second-order valence-electron chi connectivity index (χ2n) is 9.11. The number of amides is 1. The molecule has 0 radical (unpaired) electrons. The van der Waals surface area contributed by atoms with Gasteiger partial charge in [0, 0.05) is 30.0 Å². The Balaban J connectivity index is 1.58. The Morgan fingerprint density at radius 3 is 2.36 bits per heavy atom. The van der Waals surface area contributed by atoms with E-state index in [1.807, 2.05) is 38.1 Å². The number of carbonyl (C=O) groups is 1. The van der Waals surface area contributed by atoms with Gasteiger partial charge in [0.1, 0.15) is 16.8 Å². The number of anilines is 2. The molecular formula is C29H35N5O2. The quantitative estimate of drug-likeness (QED) is 0.301. The van der Waals surface area contributed by atoms with E-state index in [9.17, 15) is 4.79 Å². The molecule has 188 valence electrons. The summed E-state index contributed by atoms with van der Waals surface area (Å²) in [6, 6.07) is 17.4. The molecule has 0 unspecified atom stereocenters. The van der Waals surface area contributed by atoms with Gasteiger partial charge >= 0.3 is 0 Å². The minimum Gasteiger partial charge on any atom is -0.491 e. The van der Waals surface area contributed by atoms with Gasteiger partial charge in [-0.1, -0.05) is 13.0 Å². The first-order valence-electron chi connectivity index (χ1n) is 12.6. The number of nitrogens with zero attached hydrogens (tertiary/aromatic N) is 4. The van der Waals surface area contributed by atoms with E-state index in [1.165, 1.54) is 5.69 Å². The highest BCUT2D eigenvalue weighted by atomic mass is 16.5. The molecule has 1 amide bonds. The van der Waals surface area contributed by atoms with E-state index in [2.05, 4.69) is 56.1 Å². The van der Waals surface area contributed by atoms with Crippen LogP contribution in [-0.4, -0.2) is 40.1 Å². The van der Waals surface area contributed by atoms with Crippen LogP contribution in [0.2, 0.25) is 0 Å². The summed E-state index contributed by atoms with van der Waals surface area (Å²) in [4.78, 5) is 17.0. The Bertz CT molecular complexity index is 1370. The number of hydrogen-bond donors (Lipinski definition) is 1. The molecule has 7 nitrogen and oxygen atoms in total. The van der Waals surface area contributed by atoms with Crippen molar-refractivity contribution in [2.45, 2.75) is 54.1 Å². The van der Waals surface area contributed by atoms with Crippen LogP contribution in [0.5, 0.6) is 5.75 Å². The number of aryl methyl sites for hydroxylation is 2. The zero-order valence-electron chi connectivity index (χ0n) is 22.0. The molecule has 36 heavy (non-hydrogen) atoms. The number of carbonyl (C=O) groups excluding carboxylic acids is 1. The number of benzene rings is 3. The molecule has 0 aliphatic rings. The normalized spacial score (nSPS) is 11.9. The molecular weight excluding hydrogens is 450 g/mol. The fourth-order valence-electron chi connectivity index (χ4n) is 4.18.